The SMILES string of the molecule is O=C(Nc1ccc(NS(=O)(=O)c2ccc(F)cc2Cl)cc1)NC1CC1. The van der Waals surface area contributed by atoms with E-state index in [0.29, 0.717) is 5.69 Å². The normalized spacial score (nSPS) is 14.0. The summed E-state index contributed by atoms with van der Waals surface area (Å²) in [6, 6.07) is 9.13. The second kappa shape index (κ2) is 6.89. The van der Waals surface area contributed by atoms with Gasteiger partial charge < -0.3 is 10.6 Å². The van der Waals surface area contributed by atoms with Gasteiger partial charge in [0.1, 0.15) is 10.7 Å². The molecule has 1 saturated carbocycles. The Balaban J connectivity index is 1.68. The van der Waals surface area contributed by atoms with Crippen LogP contribution in [-0.4, -0.2) is 20.5 Å². The van der Waals surface area contributed by atoms with Crippen LogP contribution in [0, 0.1) is 5.82 Å². The second-order valence-electron chi connectivity index (χ2n) is 5.63. The van der Waals surface area contributed by atoms with Crippen molar-refractivity contribution in [3.05, 3.63) is 53.3 Å². The summed E-state index contributed by atoms with van der Waals surface area (Å²) in [6.07, 6.45) is 1.97. The first-order valence-electron chi connectivity index (χ1n) is 7.49. The highest BCUT2D eigenvalue weighted by molar-refractivity contribution is 7.92. The van der Waals surface area contributed by atoms with Crippen LogP contribution < -0.4 is 15.4 Å². The Labute approximate surface area is 149 Å². The number of amides is 2. The largest absolute Gasteiger partial charge is 0.335 e. The van der Waals surface area contributed by atoms with E-state index < -0.39 is 15.8 Å². The molecule has 1 aliphatic rings. The van der Waals surface area contributed by atoms with Crippen molar-refractivity contribution in [3.63, 3.8) is 0 Å². The molecule has 1 fully saturated rings. The number of hydrogen-bond donors (Lipinski definition) is 3. The van der Waals surface area contributed by atoms with Crippen LogP contribution in [0.25, 0.3) is 0 Å². The van der Waals surface area contributed by atoms with E-state index in [1.54, 1.807) is 12.1 Å². The summed E-state index contributed by atoms with van der Waals surface area (Å²) in [7, 11) is -3.95. The number of nitrogens with one attached hydrogen (secondary N) is 3. The summed E-state index contributed by atoms with van der Waals surface area (Å²) < 4.78 is 40.1. The van der Waals surface area contributed by atoms with Gasteiger partial charge in [-0.15, -0.1) is 0 Å². The maximum absolute atomic E-state index is 13.1. The van der Waals surface area contributed by atoms with Gasteiger partial charge in [0.25, 0.3) is 10.0 Å². The molecule has 3 rings (SSSR count). The van der Waals surface area contributed by atoms with Gasteiger partial charge in [-0.05, 0) is 55.3 Å². The molecule has 0 radical (unpaired) electrons. The molecule has 0 bridgehead atoms. The molecular weight excluding hydrogens is 369 g/mol. The number of carbonyl (C=O) groups is 1. The van der Waals surface area contributed by atoms with Gasteiger partial charge in [0.05, 0.1) is 5.02 Å². The van der Waals surface area contributed by atoms with E-state index in [1.807, 2.05) is 0 Å². The molecule has 1 aliphatic carbocycles. The number of carbonyl (C=O) groups excluding carboxylic acids is 1. The summed E-state index contributed by atoms with van der Waals surface area (Å²) in [5.74, 6) is -0.621. The smallest absolute Gasteiger partial charge is 0.319 e. The van der Waals surface area contributed by atoms with Gasteiger partial charge in [0, 0.05) is 17.4 Å². The fourth-order valence-corrected chi connectivity index (χ4v) is 3.70. The number of hydrogen-bond acceptors (Lipinski definition) is 3. The number of rotatable bonds is 5. The Hall–Kier alpha value is -2.32. The zero-order chi connectivity index (χ0) is 18.0. The van der Waals surface area contributed by atoms with Crippen LogP contribution in [0.5, 0.6) is 0 Å². The first-order chi connectivity index (χ1) is 11.8. The minimum Gasteiger partial charge on any atom is -0.335 e. The third kappa shape index (κ3) is 4.61. The third-order valence-electron chi connectivity index (χ3n) is 3.49. The number of benzene rings is 2. The zero-order valence-corrected chi connectivity index (χ0v) is 14.5. The molecule has 0 heterocycles. The predicted molar refractivity (Wildman–Crippen MR) is 93.8 cm³/mol. The standard InChI is InChI=1S/C16H15ClFN3O3S/c17-14-9-10(18)1-8-15(14)25(23,24)21-13-6-4-12(5-7-13)20-16(22)19-11-2-3-11/h1,4-9,11,21H,2-3H2,(H2,19,20,22). The van der Waals surface area contributed by atoms with Gasteiger partial charge in [-0.25, -0.2) is 17.6 Å². The quantitative estimate of drug-likeness (QED) is 0.737. The number of sulfonamides is 1. The monoisotopic (exact) mass is 383 g/mol. The third-order valence-corrected chi connectivity index (χ3v) is 5.36. The van der Waals surface area contributed by atoms with E-state index in [2.05, 4.69) is 15.4 Å². The molecule has 0 atom stereocenters. The summed E-state index contributed by atoms with van der Waals surface area (Å²) >= 11 is 5.80. The van der Waals surface area contributed by atoms with Crippen LogP contribution in [0.3, 0.4) is 0 Å². The van der Waals surface area contributed by atoms with Crippen molar-refractivity contribution in [3.8, 4) is 0 Å². The molecule has 0 spiro atoms. The minimum absolute atomic E-state index is 0.206. The van der Waals surface area contributed by atoms with Gasteiger partial charge in [-0.2, -0.15) is 0 Å². The highest BCUT2D eigenvalue weighted by Gasteiger charge is 2.23. The topological polar surface area (TPSA) is 87.3 Å². The lowest BCUT2D eigenvalue weighted by Gasteiger charge is -2.11. The van der Waals surface area contributed by atoms with Crippen LogP contribution in [0.15, 0.2) is 47.4 Å². The fourth-order valence-electron chi connectivity index (χ4n) is 2.11. The molecular formula is C16H15ClFN3O3S. The van der Waals surface area contributed by atoms with E-state index in [-0.39, 0.29) is 27.7 Å². The Bertz CT molecular complexity index is 899. The summed E-state index contributed by atoms with van der Waals surface area (Å²) in [5.41, 5.74) is 0.814. The van der Waals surface area contributed by atoms with Gasteiger partial charge >= 0.3 is 6.03 Å². The molecule has 132 valence electrons. The predicted octanol–water partition coefficient (Wildman–Crippen LogP) is 3.56. The number of urea groups is 1. The van der Waals surface area contributed by atoms with Crippen molar-refractivity contribution < 1.29 is 17.6 Å². The van der Waals surface area contributed by atoms with Crippen LogP contribution in [0.2, 0.25) is 5.02 Å². The van der Waals surface area contributed by atoms with Gasteiger partial charge in [0.2, 0.25) is 0 Å². The molecule has 2 aromatic rings. The number of anilines is 2. The molecule has 0 aromatic heterocycles. The highest BCUT2D eigenvalue weighted by Crippen LogP contribution is 2.25. The number of halogens is 2. The fraction of sp³-hybridized carbons (Fsp3) is 0.188. The van der Waals surface area contributed by atoms with Gasteiger partial charge in [-0.1, -0.05) is 11.6 Å². The van der Waals surface area contributed by atoms with Crippen LogP contribution in [0.1, 0.15) is 12.8 Å². The maximum Gasteiger partial charge on any atom is 0.319 e. The van der Waals surface area contributed by atoms with E-state index in [1.165, 1.54) is 12.1 Å². The van der Waals surface area contributed by atoms with Gasteiger partial charge in [0.15, 0.2) is 0 Å². The Morgan fingerprint density at radius 3 is 2.32 bits per heavy atom. The van der Waals surface area contributed by atoms with Crippen molar-refractivity contribution >= 4 is 39.0 Å². The van der Waals surface area contributed by atoms with Crippen LogP contribution >= 0.6 is 11.6 Å². The lowest BCUT2D eigenvalue weighted by atomic mass is 10.3. The van der Waals surface area contributed by atoms with Crippen molar-refractivity contribution in [2.45, 2.75) is 23.8 Å². The lowest BCUT2D eigenvalue weighted by molar-refractivity contribution is 0.251. The second-order valence-corrected chi connectivity index (χ2v) is 7.69. The Kier molecular flexibility index (Phi) is 4.82. The van der Waals surface area contributed by atoms with Crippen molar-refractivity contribution in [1.29, 1.82) is 0 Å². The van der Waals surface area contributed by atoms with Crippen LogP contribution in [0.4, 0.5) is 20.6 Å². The molecule has 2 aromatic carbocycles. The van der Waals surface area contributed by atoms with E-state index in [0.717, 1.165) is 31.0 Å². The molecule has 25 heavy (non-hydrogen) atoms. The maximum atomic E-state index is 13.1. The first kappa shape index (κ1) is 17.5. The highest BCUT2D eigenvalue weighted by atomic mass is 35.5. The molecule has 0 unspecified atom stereocenters. The van der Waals surface area contributed by atoms with Gasteiger partial charge in [-0.3, -0.25) is 4.72 Å². The lowest BCUT2D eigenvalue weighted by Crippen LogP contribution is -2.30. The molecule has 3 N–H and O–H groups in total. The van der Waals surface area contributed by atoms with E-state index in [4.69, 9.17) is 11.6 Å². The molecule has 0 aliphatic heterocycles. The molecule has 9 heteroatoms. The molecule has 0 saturated heterocycles. The molecule has 2 amide bonds. The van der Waals surface area contributed by atoms with Crippen molar-refractivity contribution in [1.82, 2.24) is 5.32 Å². The van der Waals surface area contributed by atoms with Crippen LogP contribution in [-0.2, 0) is 10.0 Å². The minimum atomic E-state index is -3.95. The summed E-state index contributed by atoms with van der Waals surface area (Å²) in [4.78, 5) is 11.4. The Morgan fingerprint density at radius 2 is 1.72 bits per heavy atom. The summed E-state index contributed by atoms with van der Waals surface area (Å²) in [6.45, 7) is 0. The first-order valence-corrected chi connectivity index (χ1v) is 9.35. The van der Waals surface area contributed by atoms with E-state index in [9.17, 15) is 17.6 Å². The van der Waals surface area contributed by atoms with Crippen molar-refractivity contribution in [2.24, 2.45) is 0 Å². The zero-order valence-electron chi connectivity index (χ0n) is 12.9. The van der Waals surface area contributed by atoms with E-state index >= 15 is 0 Å². The molecule has 6 nitrogen and oxygen atoms in total. The average Bonchev–Trinajstić information content (AvgIpc) is 3.32. The summed E-state index contributed by atoms with van der Waals surface area (Å²) in [5, 5.41) is 5.23. The van der Waals surface area contributed by atoms with Crippen molar-refractivity contribution in [2.75, 3.05) is 10.0 Å². The Morgan fingerprint density at radius 1 is 1.08 bits per heavy atom. The average molecular weight is 384 g/mol.